The fourth-order valence-corrected chi connectivity index (χ4v) is 2.22. The lowest BCUT2D eigenvalue weighted by molar-refractivity contribution is -0.418. The highest BCUT2D eigenvalue weighted by Gasteiger charge is 2.45. The van der Waals surface area contributed by atoms with Gasteiger partial charge < -0.3 is 5.73 Å². The second kappa shape index (κ2) is 4.49. The van der Waals surface area contributed by atoms with Crippen molar-refractivity contribution in [1.29, 1.82) is 0 Å². The van der Waals surface area contributed by atoms with Crippen LogP contribution < -0.4 is 5.73 Å². The maximum absolute atomic E-state index is 12.3. The number of hydrogen-bond donors (Lipinski definition) is 1. The maximum Gasteiger partial charge on any atom is 0.306 e. The smallest absolute Gasteiger partial charge is 0.306 e. The lowest BCUT2D eigenvalue weighted by Crippen LogP contribution is -2.39. The molecule has 0 saturated heterocycles. The molecule has 0 heterocycles. The van der Waals surface area contributed by atoms with Gasteiger partial charge in [0.05, 0.1) is 10.3 Å². The van der Waals surface area contributed by atoms with Crippen molar-refractivity contribution in [2.75, 3.05) is 0 Å². The van der Waals surface area contributed by atoms with Gasteiger partial charge >= 0.3 is 5.70 Å². The SMILES string of the molecule is C=C(C(=O)C1(C)C(C)=CC(N)C(C)=C1C)[N+](=O)[O-]. The zero-order valence-electron chi connectivity index (χ0n) is 11.1. The van der Waals surface area contributed by atoms with Crippen molar-refractivity contribution >= 4 is 5.78 Å². The summed E-state index contributed by atoms with van der Waals surface area (Å²) in [7, 11) is 0. The predicted molar refractivity (Wildman–Crippen MR) is 69.4 cm³/mol. The van der Waals surface area contributed by atoms with Crippen molar-refractivity contribution in [1.82, 2.24) is 0 Å². The summed E-state index contributed by atoms with van der Waals surface area (Å²) in [5, 5.41) is 10.7. The molecule has 18 heavy (non-hydrogen) atoms. The largest absolute Gasteiger partial charge is 0.321 e. The van der Waals surface area contributed by atoms with Crippen molar-refractivity contribution < 1.29 is 9.72 Å². The van der Waals surface area contributed by atoms with Gasteiger partial charge in [-0.2, -0.15) is 0 Å². The Bertz CT molecular complexity index is 502. The molecular weight excluding hydrogens is 232 g/mol. The molecule has 0 aromatic carbocycles. The molecule has 0 spiro atoms. The molecule has 0 aromatic heterocycles. The summed E-state index contributed by atoms with van der Waals surface area (Å²) < 4.78 is 0. The molecule has 98 valence electrons. The van der Waals surface area contributed by atoms with Crippen molar-refractivity contribution in [3.05, 3.63) is 45.2 Å². The van der Waals surface area contributed by atoms with Crippen molar-refractivity contribution in [2.45, 2.75) is 33.7 Å². The number of ketones is 1. The van der Waals surface area contributed by atoms with Crippen molar-refractivity contribution in [2.24, 2.45) is 11.1 Å². The first-order valence-corrected chi connectivity index (χ1v) is 5.64. The summed E-state index contributed by atoms with van der Waals surface area (Å²) >= 11 is 0. The Labute approximate surface area is 106 Å². The molecule has 0 bridgehead atoms. The van der Waals surface area contributed by atoms with Crippen LogP contribution in [-0.4, -0.2) is 16.7 Å². The monoisotopic (exact) mass is 250 g/mol. The fourth-order valence-electron chi connectivity index (χ4n) is 2.22. The summed E-state index contributed by atoms with van der Waals surface area (Å²) in [6.45, 7) is 10.3. The maximum atomic E-state index is 12.3. The highest BCUT2D eigenvalue weighted by molar-refractivity contribution is 6.01. The van der Waals surface area contributed by atoms with Crippen LogP contribution in [0.15, 0.2) is 35.1 Å². The van der Waals surface area contributed by atoms with E-state index in [9.17, 15) is 14.9 Å². The Morgan fingerprint density at radius 2 is 2.00 bits per heavy atom. The molecule has 2 N–H and O–H groups in total. The van der Waals surface area contributed by atoms with Crippen LogP contribution in [0.2, 0.25) is 0 Å². The van der Waals surface area contributed by atoms with Gasteiger partial charge in [-0.15, -0.1) is 0 Å². The van der Waals surface area contributed by atoms with E-state index in [4.69, 9.17) is 5.73 Å². The van der Waals surface area contributed by atoms with Crippen LogP contribution in [-0.2, 0) is 4.79 Å². The highest BCUT2D eigenvalue weighted by atomic mass is 16.6. The van der Waals surface area contributed by atoms with E-state index in [2.05, 4.69) is 6.58 Å². The zero-order chi connectivity index (χ0) is 14.2. The minimum Gasteiger partial charge on any atom is -0.321 e. The predicted octanol–water partition coefficient (Wildman–Crippen LogP) is 1.98. The quantitative estimate of drug-likeness (QED) is 0.359. The molecular formula is C13H18N2O3. The second-order valence-electron chi connectivity index (χ2n) is 4.84. The summed E-state index contributed by atoms with van der Waals surface area (Å²) in [4.78, 5) is 22.2. The first kappa shape index (κ1) is 14.3. The van der Waals surface area contributed by atoms with Crippen molar-refractivity contribution in [3.8, 4) is 0 Å². The molecule has 0 aromatic rings. The molecule has 5 heteroatoms. The summed E-state index contributed by atoms with van der Waals surface area (Å²) in [6, 6.07) is -0.241. The van der Waals surface area contributed by atoms with Crippen LogP contribution in [0, 0.1) is 15.5 Å². The van der Waals surface area contributed by atoms with E-state index >= 15 is 0 Å². The third-order valence-corrected chi connectivity index (χ3v) is 4.00. The van der Waals surface area contributed by atoms with Gasteiger partial charge in [0.2, 0.25) is 5.78 Å². The third-order valence-electron chi connectivity index (χ3n) is 4.00. The number of nitrogens with zero attached hydrogens (tertiary/aromatic N) is 1. The van der Waals surface area contributed by atoms with Crippen molar-refractivity contribution in [3.63, 3.8) is 0 Å². The number of hydrogen-bond acceptors (Lipinski definition) is 4. The van der Waals surface area contributed by atoms with E-state index in [0.29, 0.717) is 0 Å². The average molecular weight is 250 g/mol. The number of allylic oxidation sites excluding steroid dienone is 3. The molecule has 0 amide bonds. The molecule has 2 unspecified atom stereocenters. The minimum absolute atomic E-state index is 0.241. The first-order chi connectivity index (χ1) is 8.13. The van der Waals surface area contributed by atoms with Gasteiger partial charge in [0.1, 0.15) is 0 Å². The summed E-state index contributed by atoms with van der Waals surface area (Å²) in [6.07, 6.45) is 1.77. The Hall–Kier alpha value is -1.75. The standard InChI is InChI=1S/C13H18N2O3/c1-7-6-11(14)8(2)9(3)13(7,5)12(16)10(4)15(17)18/h6,11H,4,14H2,1-3,5H3. The second-order valence-corrected chi connectivity index (χ2v) is 4.84. The van der Waals surface area contributed by atoms with Crippen LogP contribution in [0.4, 0.5) is 0 Å². The summed E-state index contributed by atoms with van der Waals surface area (Å²) in [5.74, 6) is -0.579. The number of rotatable bonds is 3. The van der Waals surface area contributed by atoms with E-state index in [1.807, 2.05) is 6.92 Å². The molecule has 1 rings (SSSR count). The normalized spacial score (nSPS) is 27.8. The molecule has 1 aliphatic rings. The topological polar surface area (TPSA) is 86.2 Å². The Morgan fingerprint density at radius 3 is 2.44 bits per heavy atom. The van der Waals surface area contributed by atoms with Gasteiger partial charge in [-0.25, -0.2) is 0 Å². The van der Waals surface area contributed by atoms with Gasteiger partial charge in [-0.05, 0) is 34.3 Å². The van der Waals surface area contributed by atoms with E-state index in [-0.39, 0.29) is 6.04 Å². The third kappa shape index (κ3) is 1.90. The first-order valence-electron chi connectivity index (χ1n) is 5.64. The Balaban J connectivity index is 3.36. The number of Topliss-reactive ketones (excluding diaryl/α,β-unsaturated/α-hetero) is 1. The molecule has 0 radical (unpaired) electrons. The Kier molecular flexibility index (Phi) is 3.57. The molecule has 2 atom stereocenters. The lowest BCUT2D eigenvalue weighted by atomic mass is 9.67. The van der Waals surface area contributed by atoms with Crippen LogP contribution in [0.25, 0.3) is 0 Å². The number of nitro groups is 1. The van der Waals surface area contributed by atoms with Gasteiger partial charge in [0, 0.05) is 6.04 Å². The highest BCUT2D eigenvalue weighted by Crippen LogP contribution is 2.43. The molecule has 0 aliphatic heterocycles. The number of nitrogens with two attached hydrogens (primary N) is 1. The minimum atomic E-state index is -1.01. The van der Waals surface area contributed by atoms with Gasteiger partial charge in [0.25, 0.3) is 0 Å². The lowest BCUT2D eigenvalue weighted by Gasteiger charge is -2.36. The number of carbonyl (C=O) groups is 1. The zero-order valence-corrected chi connectivity index (χ0v) is 11.1. The average Bonchev–Trinajstić information content (AvgIpc) is 2.31. The van der Waals surface area contributed by atoms with Gasteiger partial charge in [-0.1, -0.05) is 22.8 Å². The van der Waals surface area contributed by atoms with Gasteiger partial charge in [0.15, 0.2) is 0 Å². The molecule has 0 saturated carbocycles. The molecule has 1 aliphatic carbocycles. The van der Waals surface area contributed by atoms with Crippen LogP contribution in [0.3, 0.4) is 0 Å². The van der Waals surface area contributed by atoms with E-state index in [1.54, 1.807) is 26.8 Å². The van der Waals surface area contributed by atoms with Crippen LogP contribution in [0.1, 0.15) is 27.7 Å². The summed E-state index contributed by atoms with van der Waals surface area (Å²) in [5.41, 5.74) is 6.68. The van der Waals surface area contributed by atoms with Crippen LogP contribution in [0.5, 0.6) is 0 Å². The molecule has 5 nitrogen and oxygen atoms in total. The van der Waals surface area contributed by atoms with E-state index in [0.717, 1.165) is 16.7 Å². The number of carbonyl (C=O) groups excluding carboxylic acids is 1. The fraction of sp³-hybridized carbons (Fsp3) is 0.462. The van der Waals surface area contributed by atoms with E-state index < -0.39 is 21.8 Å². The Morgan fingerprint density at radius 1 is 1.50 bits per heavy atom. The van der Waals surface area contributed by atoms with Crippen LogP contribution >= 0.6 is 0 Å². The van der Waals surface area contributed by atoms with E-state index in [1.165, 1.54) is 0 Å². The van der Waals surface area contributed by atoms with Gasteiger partial charge in [-0.3, -0.25) is 14.9 Å². The molecule has 0 fully saturated rings.